The van der Waals surface area contributed by atoms with Crippen molar-refractivity contribution < 1.29 is 4.74 Å². The summed E-state index contributed by atoms with van der Waals surface area (Å²) < 4.78 is 5.45. The first kappa shape index (κ1) is 12.0. The van der Waals surface area contributed by atoms with Crippen molar-refractivity contribution in [1.29, 1.82) is 0 Å². The van der Waals surface area contributed by atoms with E-state index in [-0.39, 0.29) is 0 Å². The van der Waals surface area contributed by atoms with E-state index in [4.69, 9.17) is 16.3 Å². The van der Waals surface area contributed by atoms with Crippen molar-refractivity contribution in [2.24, 2.45) is 5.10 Å². The maximum atomic E-state index is 5.81. The zero-order valence-electron chi connectivity index (χ0n) is 8.61. The number of nitrogens with zero attached hydrogens (tertiary/aromatic N) is 1. The van der Waals surface area contributed by atoms with Crippen LogP contribution >= 0.6 is 36.0 Å². The maximum absolute atomic E-state index is 5.81. The molecule has 0 bridgehead atoms. The third-order valence-electron chi connectivity index (χ3n) is 1.95. The van der Waals surface area contributed by atoms with E-state index < -0.39 is 5.06 Å². The molecule has 6 heteroatoms. The van der Waals surface area contributed by atoms with Crippen LogP contribution in [0.1, 0.15) is 6.92 Å². The van der Waals surface area contributed by atoms with Gasteiger partial charge in [-0.1, -0.05) is 11.6 Å². The molecule has 1 N–H and O–H groups in total. The van der Waals surface area contributed by atoms with Crippen LogP contribution in [0.25, 0.3) is 0 Å². The lowest BCUT2D eigenvalue weighted by molar-refractivity contribution is 0.176. The Balaban J connectivity index is 1.90. The third-order valence-corrected chi connectivity index (χ3v) is 3.92. The van der Waals surface area contributed by atoms with Crippen LogP contribution in [0.4, 0.5) is 0 Å². The lowest BCUT2D eigenvalue weighted by atomic mass is 10.4. The van der Waals surface area contributed by atoms with Crippen molar-refractivity contribution in [2.75, 3.05) is 5.75 Å². The first-order valence-corrected chi connectivity index (χ1v) is 6.50. The second-order valence-corrected chi connectivity index (χ2v) is 5.58. The number of thiol groups is 1. The number of nitrogens with one attached hydrogen (secondary N) is 1. The summed E-state index contributed by atoms with van der Waals surface area (Å²) in [4.78, 5) is 1.12. The van der Waals surface area contributed by atoms with Gasteiger partial charge in [-0.2, -0.15) is 0 Å². The Labute approximate surface area is 109 Å². The zero-order chi connectivity index (χ0) is 11.6. The summed E-state index contributed by atoms with van der Waals surface area (Å²) in [6.07, 6.45) is 0. The van der Waals surface area contributed by atoms with Crippen molar-refractivity contribution in [2.45, 2.75) is 16.9 Å². The maximum Gasteiger partial charge on any atom is 0.251 e. The van der Waals surface area contributed by atoms with Crippen LogP contribution in [0.2, 0.25) is 5.02 Å². The van der Waals surface area contributed by atoms with Gasteiger partial charge in [0.15, 0.2) is 0 Å². The van der Waals surface area contributed by atoms with Crippen LogP contribution in [0.15, 0.2) is 34.3 Å². The van der Waals surface area contributed by atoms with E-state index in [9.17, 15) is 0 Å². The minimum Gasteiger partial charge on any atom is -0.442 e. The minimum absolute atomic E-state index is 0.603. The molecule has 0 aromatic heterocycles. The fourth-order valence-corrected chi connectivity index (χ4v) is 2.55. The van der Waals surface area contributed by atoms with Crippen molar-refractivity contribution in [3.05, 3.63) is 29.3 Å². The molecule has 0 spiro atoms. The number of ether oxygens (including phenoxy) is 1. The van der Waals surface area contributed by atoms with E-state index in [0.717, 1.165) is 9.92 Å². The lowest BCUT2D eigenvalue weighted by Crippen LogP contribution is -2.37. The van der Waals surface area contributed by atoms with Gasteiger partial charge < -0.3 is 4.74 Å². The Hall–Kier alpha value is -0.520. The standard InChI is InChI=1S/C10H11ClN2OS2/c1-7-12-13-10(15,14-7)6-16-9-4-2-8(11)3-5-9/h2-5,13,15H,6H2,1H3. The molecule has 0 amide bonds. The average molecular weight is 275 g/mol. The molecule has 0 aliphatic carbocycles. The first-order valence-electron chi connectivity index (χ1n) is 4.69. The average Bonchev–Trinajstić information content (AvgIpc) is 2.59. The van der Waals surface area contributed by atoms with Crippen LogP contribution in [0.5, 0.6) is 0 Å². The number of halogens is 1. The molecule has 1 heterocycles. The largest absolute Gasteiger partial charge is 0.442 e. The molecule has 1 atom stereocenters. The van der Waals surface area contributed by atoms with Gasteiger partial charge in [0.2, 0.25) is 5.90 Å². The van der Waals surface area contributed by atoms with E-state index in [0.29, 0.717) is 11.7 Å². The monoisotopic (exact) mass is 274 g/mol. The summed E-state index contributed by atoms with van der Waals surface area (Å²) in [5.41, 5.74) is 2.85. The second kappa shape index (κ2) is 4.77. The third kappa shape index (κ3) is 2.99. The number of benzene rings is 1. The Morgan fingerprint density at radius 1 is 1.50 bits per heavy atom. The van der Waals surface area contributed by atoms with Crippen LogP contribution < -0.4 is 5.43 Å². The summed E-state index contributed by atoms with van der Waals surface area (Å²) >= 11 is 11.8. The number of rotatable bonds is 3. The molecule has 0 saturated heterocycles. The number of thioether (sulfide) groups is 1. The van der Waals surface area contributed by atoms with E-state index in [1.54, 1.807) is 18.7 Å². The molecule has 1 aromatic rings. The smallest absolute Gasteiger partial charge is 0.251 e. The normalized spacial score (nSPS) is 23.6. The van der Waals surface area contributed by atoms with E-state index in [1.807, 2.05) is 24.3 Å². The molecule has 2 rings (SSSR count). The molecule has 1 aliphatic rings. The van der Waals surface area contributed by atoms with Crippen LogP contribution in [-0.4, -0.2) is 16.7 Å². The van der Waals surface area contributed by atoms with Gasteiger partial charge in [0.25, 0.3) is 5.06 Å². The Kier molecular flexibility index (Phi) is 3.56. The number of hydrazone groups is 1. The highest BCUT2D eigenvalue weighted by Gasteiger charge is 2.32. The highest BCUT2D eigenvalue weighted by atomic mass is 35.5. The van der Waals surface area contributed by atoms with Gasteiger partial charge in [0, 0.05) is 16.8 Å². The fraction of sp³-hybridized carbons (Fsp3) is 0.300. The number of hydrogen-bond donors (Lipinski definition) is 2. The van der Waals surface area contributed by atoms with Crippen molar-refractivity contribution in [3.63, 3.8) is 0 Å². The van der Waals surface area contributed by atoms with Crippen LogP contribution in [0, 0.1) is 0 Å². The zero-order valence-corrected chi connectivity index (χ0v) is 11.1. The Morgan fingerprint density at radius 2 is 2.19 bits per heavy atom. The molecule has 16 heavy (non-hydrogen) atoms. The van der Waals surface area contributed by atoms with Crippen LogP contribution in [-0.2, 0) is 4.74 Å². The fourth-order valence-electron chi connectivity index (χ4n) is 1.23. The Morgan fingerprint density at radius 3 is 2.75 bits per heavy atom. The van der Waals surface area contributed by atoms with Gasteiger partial charge >= 0.3 is 0 Å². The first-order chi connectivity index (χ1) is 7.57. The van der Waals surface area contributed by atoms with E-state index in [1.165, 1.54) is 0 Å². The molecule has 0 fully saturated rings. The summed E-state index contributed by atoms with van der Waals surface area (Å²) in [6, 6.07) is 7.65. The van der Waals surface area contributed by atoms with Gasteiger partial charge in [0.05, 0.1) is 5.75 Å². The van der Waals surface area contributed by atoms with Crippen molar-refractivity contribution >= 4 is 41.9 Å². The van der Waals surface area contributed by atoms with E-state index >= 15 is 0 Å². The second-order valence-electron chi connectivity index (χ2n) is 3.37. The number of hydrogen-bond acceptors (Lipinski definition) is 5. The molecule has 0 radical (unpaired) electrons. The summed E-state index contributed by atoms with van der Waals surface area (Å²) in [5, 5.41) is 3.97. The molecule has 86 valence electrons. The molecule has 1 aliphatic heterocycles. The highest BCUT2D eigenvalue weighted by Crippen LogP contribution is 2.28. The van der Waals surface area contributed by atoms with Gasteiger partial charge in [-0.15, -0.1) is 29.5 Å². The summed E-state index contributed by atoms with van der Waals surface area (Å²) in [6.45, 7) is 1.79. The molecular weight excluding hydrogens is 264 g/mol. The molecule has 3 nitrogen and oxygen atoms in total. The predicted octanol–water partition coefficient (Wildman–Crippen LogP) is 2.97. The Bertz CT molecular complexity index is 410. The van der Waals surface area contributed by atoms with Crippen LogP contribution in [0.3, 0.4) is 0 Å². The SMILES string of the molecule is CC1=NNC(S)(CSc2ccc(Cl)cc2)O1. The van der Waals surface area contributed by atoms with E-state index in [2.05, 4.69) is 23.2 Å². The molecule has 0 saturated carbocycles. The van der Waals surface area contributed by atoms with Gasteiger partial charge in [0.1, 0.15) is 0 Å². The quantitative estimate of drug-likeness (QED) is 0.657. The topological polar surface area (TPSA) is 33.6 Å². The molecule has 1 unspecified atom stereocenters. The van der Waals surface area contributed by atoms with Gasteiger partial charge in [-0.05, 0) is 24.3 Å². The summed E-state index contributed by atoms with van der Waals surface area (Å²) in [5.74, 6) is 1.25. The molecule has 1 aromatic carbocycles. The summed E-state index contributed by atoms with van der Waals surface area (Å²) in [7, 11) is 0. The highest BCUT2D eigenvalue weighted by molar-refractivity contribution is 8.00. The lowest BCUT2D eigenvalue weighted by Gasteiger charge is -2.21. The van der Waals surface area contributed by atoms with Crippen molar-refractivity contribution in [3.8, 4) is 0 Å². The van der Waals surface area contributed by atoms with Crippen molar-refractivity contribution in [1.82, 2.24) is 5.43 Å². The van der Waals surface area contributed by atoms with Gasteiger partial charge in [-0.3, -0.25) is 5.43 Å². The molecular formula is C10H11ClN2OS2. The predicted molar refractivity (Wildman–Crippen MR) is 71.2 cm³/mol. The van der Waals surface area contributed by atoms with Gasteiger partial charge in [-0.25, -0.2) is 0 Å². The minimum atomic E-state index is -0.714.